The Kier molecular flexibility index (Phi) is 37.2. The molecule has 0 aliphatic carbocycles. The molecule has 0 aromatic rings. The number of phosphoric acid groups is 1. The van der Waals surface area contributed by atoms with Gasteiger partial charge in [-0.2, -0.15) is 0 Å². The second kappa shape index (κ2) is 38.7. The van der Waals surface area contributed by atoms with Crippen LogP contribution in [0.1, 0.15) is 194 Å². The van der Waals surface area contributed by atoms with E-state index in [-0.39, 0.29) is 19.4 Å². The predicted octanol–water partition coefficient (Wildman–Crippen LogP) is 12.7. The second-order valence-corrected chi connectivity index (χ2v) is 15.2. The van der Waals surface area contributed by atoms with Gasteiger partial charge < -0.3 is 19.3 Å². The zero-order chi connectivity index (χ0) is 38.2. The van der Waals surface area contributed by atoms with E-state index in [1.54, 1.807) is 0 Å². The maximum atomic E-state index is 12.4. The van der Waals surface area contributed by atoms with E-state index in [2.05, 4.69) is 60.9 Å². The van der Waals surface area contributed by atoms with E-state index in [1.807, 2.05) is 6.08 Å². The van der Waals surface area contributed by atoms with Crippen LogP contribution in [0.3, 0.4) is 0 Å². The highest BCUT2D eigenvalue weighted by Crippen LogP contribution is 2.36. The number of ether oxygens (including phenoxy) is 2. The molecule has 8 nitrogen and oxygen atoms in total. The fourth-order valence-corrected chi connectivity index (χ4v) is 6.04. The summed E-state index contributed by atoms with van der Waals surface area (Å²) in [4.78, 5) is 42.8. The van der Waals surface area contributed by atoms with Gasteiger partial charge in [0.15, 0.2) is 6.10 Å². The molecule has 0 heterocycles. The van der Waals surface area contributed by atoms with Crippen LogP contribution in [0.2, 0.25) is 0 Å². The van der Waals surface area contributed by atoms with E-state index in [9.17, 15) is 14.2 Å². The minimum atomic E-state index is -4.76. The Bertz CT molecular complexity index is 984. The third-order valence-electron chi connectivity index (χ3n) is 8.82. The van der Waals surface area contributed by atoms with E-state index in [0.29, 0.717) is 12.8 Å². The van der Waals surface area contributed by atoms with Crippen molar-refractivity contribution in [2.24, 2.45) is 0 Å². The first-order valence-corrected chi connectivity index (χ1v) is 22.5. The van der Waals surface area contributed by atoms with Crippen molar-refractivity contribution in [1.29, 1.82) is 0 Å². The van der Waals surface area contributed by atoms with Gasteiger partial charge in [0.1, 0.15) is 6.61 Å². The van der Waals surface area contributed by atoms with Gasteiger partial charge in [0.2, 0.25) is 0 Å². The fourth-order valence-electron chi connectivity index (χ4n) is 5.68. The highest BCUT2D eigenvalue weighted by Gasteiger charge is 2.22. The average Bonchev–Trinajstić information content (AvgIpc) is 3.11. The van der Waals surface area contributed by atoms with Crippen LogP contribution in [0.15, 0.2) is 48.6 Å². The summed E-state index contributed by atoms with van der Waals surface area (Å²) in [5.74, 6) is -0.947. The van der Waals surface area contributed by atoms with Gasteiger partial charge in [0, 0.05) is 12.8 Å². The molecule has 0 aliphatic heterocycles. The summed E-state index contributed by atoms with van der Waals surface area (Å²) in [6, 6.07) is 0. The van der Waals surface area contributed by atoms with Gasteiger partial charge in [-0.1, -0.05) is 159 Å². The molecule has 0 saturated heterocycles. The molecule has 2 N–H and O–H groups in total. The Hall–Kier alpha value is -1.99. The fraction of sp³-hybridized carbons (Fsp3) is 0.767. The molecule has 1 atom stereocenters. The number of unbranched alkanes of at least 4 members (excludes halogenated alkanes) is 20. The molecule has 0 aromatic carbocycles. The Morgan fingerprint density at radius 1 is 0.500 bits per heavy atom. The van der Waals surface area contributed by atoms with E-state index in [4.69, 9.17) is 19.3 Å². The summed E-state index contributed by atoms with van der Waals surface area (Å²) in [6.45, 7) is 3.62. The molecule has 0 unspecified atom stereocenters. The first kappa shape index (κ1) is 50.0. The lowest BCUT2D eigenvalue weighted by Crippen LogP contribution is -2.29. The van der Waals surface area contributed by atoms with Gasteiger partial charge in [-0.05, 0) is 70.6 Å². The Labute approximate surface area is 318 Å². The standard InChI is InChI=1S/C43H77O8P/c1-3-5-7-9-11-13-15-17-19-21-23-25-27-29-31-33-35-37-42(44)49-39-41(40-50-52(46,47)48)51-43(45)38-36-34-32-30-28-26-24-22-20-18-16-14-12-10-8-6-4-2/h14,16-17,19,23,25,29,31,41H,3-13,15,18,20-22,24,26-28,30,32-40H2,1-2H3,(H2,46,47,48)/b16-14+,19-17+,25-23+,31-29+/t41-/m1/s1. The van der Waals surface area contributed by atoms with E-state index < -0.39 is 32.5 Å². The first-order chi connectivity index (χ1) is 25.3. The number of carbonyl (C=O) groups is 2. The number of rotatable bonds is 38. The smallest absolute Gasteiger partial charge is 0.462 e. The molecule has 302 valence electrons. The molecular formula is C43H77O8P. The zero-order valence-corrected chi connectivity index (χ0v) is 34.1. The minimum absolute atomic E-state index is 0.195. The van der Waals surface area contributed by atoms with Crippen LogP contribution in [0.5, 0.6) is 0 Å². The van der Waals surface area contributed by atoms with Gasteiger partial charge in [0.05, 0.1) is 6.61 Å². The van der Waals surface area contributed by atoms with Crippen molar-refractivity contribution in [2.75, 3.05) is 13.2 Å². The molecule has 0 fully saturated rings. The van der Waals surface area contributed by atoms with Gasteiger partial charge in [-0.25, -0.2) is 4.57 Å². The summed E-state index contributed by atoms with van der Waals surface area (Å²) < 4.78 is 26.3. The Morgan fingerprint density at radius 3 is 1.38 bits per heavy atom. The summed E-state index contributed by atoms with van der Waals surface area (Å²) in [5, 5.41) is 0. The Balaban J connectivity index is 4.00. The largest absolute Gasteiger partial charge is 0.469 e. The lowest BCUT2D eigenvalue weighted by Gasteiger charge is -2.18. The molecule has 0 aliphatic rings. The lowest BCUT2D eigenvalue weighted by atomic mass is 10.1. The van der Waals surface area contributed by atoms with E-state index in [0.717, 1.165) is 44.9 Å². The molecular weight excluding hydrogens is 675 g/mol. The number of esters is 2. The van der Waals surface area contributed by atoms with Crippen LogP contribution in [-0.2, 0) is 28.2 Å². The molecule has 0 radical (unpaired) electrons. The third kappa shape index (κ3) is 40.8. The van der Waals surface area contributed by atoms with Gasteiger partial charge in [-0.15, -0.1) is 0 Å². The second-order valence-electron chi connectivity index (χ2n) is 14.0. The summed E-state index contributed by atoms with van der Waals surface area (Å²) in [7, 11) is -4.76. The van der Waals surface area contributed by atoms with Crippen molar-refractivity contribution < 1.29 is 37.9 Å². The average molecular weight is 753 g/mol. The summed E-state index contributed by atoms with van der Waals surface area (Å²) in [6.07, 6.45) is 46.9. The molecule has 0 saturated carbocycles. The van der Waals surface area contributed by atoms with Crippen LogP contribution in [-0.4, -0.2) is 41.0 Å². The van der Waals surface area contributed by atoms with Gasteiger partial charge in [-0.3, -0.25) is 14.1 Å². The molecule has 0 spiro atoms. The van der Waals surface area contributed by atoms with Crippen molar-refractivity contribution in [3.05, 3.63) is 48.6 Å². The van der Waals surface area contributed by atoms with Crippen molar-refractivity contribution in [2.45, 2.75) is 200 Å². The number of hydrogen-bond acceptors (Lipinski definition) is 6. The van der Waals surface area contributed by atoms with Crippen LogP contribution >= 0.6 is 7.82 Å². The van der Waals surface area contributed by atoms with E-state index >= 15 is 0 Å². The van der Waals surface area contributed by atoms with E-state index in [1.165, 1.54) is 109 Å². The normalized spacial score (nSPS) is 12.9. The number of hydrogen-bond donors (Lipinski definition) is 2. The maximum absolute atomic E-state index is 12.4. The molecule has 0 aromatic heterocycles. The monoisotopic (exact) mass is 753 g/mol. The highest BCUT2D eigenvalue weighted by molar-refractivity contribution is 7.46. The summed E-state index contributed by atoms with van der Waals surface area (Å²) in [5.41, 5.74) is 0. The van der Waals surface area contributed by atoms with Gasteiger partial charge >= 0.3 is 19.8 Å². The number of carbonyl (C=O) groups excluding carboxylic acids is 2. The summed E-state index contributed by atoms with van der Waals surface area (Å²) >= 11 is 0. The highest BCUT2D eigenvalue weighted by atomic mass is 31.2. The molecule has 0 amide bonds. The SMILES string of the molecule is CCCCCC/C=C/CCCCCCCCCCCC(=O)O[C@H](COC(=O)CCC/C=C/C/C=C/C/C=C/CCCCCCCC)COP(=O)(O)O. The van der Waals surface area contributed by atoms with Crippen molar-refractivity contribution >= 4 is 19.8 Å². The zero-order valence-electron chi connectivity index (χ0n) is 33.2. The third-order valence-corrected chi connectivity index (χ3v) is 9.31. The van der Waals surface area contributed by atoms with Crippen LogP contribution in [0.25, 0.3) is 0 Å². The molecule has 0 bridgehead atoms. The minimum Gasteiger partial charge on any atom is -0.462 e. The topological polar surface area (TPSA) is 119 Å². The molecule has 0 rings (SSSR count). The molecule has 9 heteroatoms. The van der Waals surface area contributed by atoms with Crippen LogP contribution in [0, 0.1) is 0 Å². The quantitative estimate of drug-likeness (QED) is 0.0277. The van der Waals surface area contributed by atoms with Crippen LogP contribution in [0.4, 0.5) is 0 Å². The van der Waals surface area contributed by atoms with Crippen molar-refractivity contribution in [3.63, 3.8) is 0 Å². The predicted molar refractivity (Wildman–Crippen MR) is 216 cm³/mol. The van der Waals surface area contributed by atoms with Crippen molar-refractivity contribution in [3.8, 4) is 0 Å². The van der Waals surface area contributed by atoms with Gasteiger partial charge in [0.25, 0.3) is 0 Å². The van der Waals surface area contributed by atoms with Crippen molar-refractivity contribution in [1.82, 2.24) is 0 Å². The number of allylic oxidation sites excluding steroid dienone is 8. The molecule has 52 heavy (non-hydrogen) atoms. The lowest BCUT2D eigenvalue weighted by molar-refractivity contribution is -0.161. The number of phosphoric ester groups is 1. The first-order valence-electron chi connectivity index (χ1n) is 20.9. The van der Waals surface area contributed by atoms with Crippen LogP contribution < -0.4 is 0 Å². The Morgan fingerprint density at radius 2 is 0.885 bits per heavy atom. The maximum Gasteiger partial charge on any atom is 0.469 e.